The number of urea groups is 1. The Morgan fingerprint density at radius 3 is 2.00 bits per heavy atom. The van der Waals surface area contributed by atoms with Crippen molar-refractivity contribution < 1.29 is 13.2 Å². The molecule has 0 unspecified atom stereocenters. The summed E-state index contributed by atoms with van der Waals surface area (Å²) in [5, 5.41) is 2.49. The average molecular weight is 291 g/mol. The summed E-state index contributed by atoms with van der Waals surface area (Å²) in [6.07, 6.45) is 0. The first-order chi connectivity index (χ1) is 9.58. The van der Waals surface area contributed by atoms with Gasteiger partial charge in [-0.2, -0.15) is 0 Å². The first-order valence-electron chi connectivity index (χ1n) is 5.77. The molecule has 0 aliphatic rings. The zero-order chi connectivity index (χ0) is 14.4. The van der Waals surface area contributed by atoms with Crippen molar-refractivity contribution in [1.82, 2.24) is 10.3 Å². The van der Waals surface area contributed by atoms with E-state index in [9.17, 15) is 13.2 Å². The summed E-state index contributed by atoms with van der Waals surface area (Å²) in [6, 6.07) is 15.8. The van der Waals surface area contributed by atoms with Crippen molar-refractivity contribution in [2.75, 3.05) is 5.32 Å². The lowest BCUT2D eigenvalue weighted by atomic mass is 10.3. The maximum Gasteiger partial charge on any atom is 0.334 e. The molecule has 6 nitrogen and oxygen atoms in total. The van der Waals surface area contributed by atoms with Crippen molar-refractivity contribution in [2.45, 2.75) is 4.90 Å². The number of hydrogen-bond donors (Lipinski definition) is 3. The van der Waals surface area contributed by atoms with Crippen LogP contribution in [0.15, 0.2) is 65.6 Å². The van der Waals surface area contributed by atoms with Crippen LogP contribution in [0.3, 0.4) is 0 Å². The van der Waals surface area contributed by atoms with Crippen LogP contribution in [0.25, 0.3) is 0 Å². The van der Waals surface area contributed by atoms with Crippen molar-refractivity contribution >= 4 is 21.7 Å². The van der Waals surface area contributed by atoms with Crippen LogP contribution < -0.4 is 15.6 Å². The molecule has 2 aromatic carbocycles. The van der Waals surface area contributed by atoms with Gasteiger partial charge in [-0.3, -0.25) is 5.43 Å². The topological polar surface area (TPSA) is 87.3 Å². The van der Waals surface area contributed by atoms with E-state index in [2.05, 4.69) is 10.7 Å². The molecule has 7 heteroatoms. The Hall–Kier alpha value is -2.38. The standard InChI is InChI=1S/C13H13N3O3S/c17-13(14-11-7-3-1-4-8-11)15-16-20(18,19)12-9-5-2-6-10-12/h1-10,16H,(H2,14,15,17). The van der Waals surface area contributed by atoms with Gasteiger partial charge in [0.25, 0.3) is 10.0 Å². The normalized spacial score (nSPS) is 10.8. The highest BCUT2D eigenvalue weighted by atomic mass is 32.2. The van der Waals surface area contributed by atoms with Gasteiger partial charge in [-0.05, 0) is 24.3 Å². The Balaban J connectivity index is 1.94. The van der Waals surface area contributed by atoms with Gasteiger partial charge in [0.2, 0.25) is 0 Å². The fraction of sp³-hybridized carbons (Fsp3) is 0. The molecular formula is C13H13N3O3S. The molecule has 2 amide bonds. The number of rotatable bonds is 4. The molecular weight excluding hydrogens is 278 g/mol. The summed E-state index contributed by atoms with van der Waals surface area (Å²) >= 11 is 0. The van der Waals surface area contributed by atoms with Crippen molar-refractivity contribution in [1.29, 1.82) is 0 Å². The molecule has 0 bridgehead atoms. The number of carbonyl (C=O) groups is 1. The van der Waals surface area contributed by atoms with Gasteiger partial charge in [0.1, 0.15) is 0 Å². The maximum absolute atomic E-state index is 11.8. The van der Waals surface area contributed by atoms with Gasteiger partial charge in [-0.1, -0.05) is 36.4 Å². The van der Waals surface area contributed by atoms with E-state index in [1.165, 1.54) is 12.1 Å². The van der Waals surface area contributed by atoms with Gasteiger partial charge >= 0.3 is 6.03 Å². The quantitative estimate of drug-likeness (QED) is 0.749. The molecule has 3 N–H and O–H groups in total. The number of anilines is 1. The smallest absolute Gasteiger partial charge is 0.307 e. The molecule has 0 saturated carbocycles. The number of para-hydroxylation sites is 1. The third-order valence-electron chi connectivity index (χ3n) is 2.38. The summed E-state index contributed by atoms with van der Waals surface area (Å²) in [5.41, 5.74) is 2.64. The van der Waals surface area contributed by atoms with Crippen LogP contribution in [0.1, 0.15) is 0 Å². The van der Waals surface area contributed by atoms with E-state index in [1.54, 1.807) is 48.5 Å². The second-order valence-electron chi connectivity index (χ2n) is 3.86. The van der Waals surface area contributed by atoms with Gasteiger partial charge < -0.3 is 5.32 Å². The zero-order valence-corrected chi connectivity index (χ0v) is 11.2. The van der Waals surface area contributed by atoms with Crippen LogP contribution in [0.5, 0.6) is 0 Å². The lowest BCUT2D eigenvalue weighted by Crippen LogP contribution is -2.43. The van der Waals surface area contributed by atoms with Crippen LogP contribution in [0.2, 0.25) is 0 Å². The van der Waals surface area contributed by atoms with E-state index in [1.807, 2.05) is 4.83 Å². The number of benzene rings is 2. The van der Waals surface area contributed by atoms with Crippen molar-refractivity contribution in [3.8, 4) is 0 Å². The highest BCUT2D eigenvalue weighted by Crippen LogP contribution is 2.06. The third kappa shape index (κ3) is 3.81. The Morgan fingerprint density at radius 1 is 0.850 bits per heavy atom. The summed E-state index contributed by atoms with van der Waals surface area (Å²) in [4.78, 5) is 13.6. The molecule has 0 atom stereocenters. The van der Waals surface area contributed by atoms with Crippen LogP contribution in [0.4, 0.5) is 10.5 Å². The highest BCUT2D eigenvalue weighted by molar-refractivity contribution is 7.89. The largest absolute Gasteiger partial charge is 0.334 e. The fourth-order valence-electron chi connectivity index (χ4n) is 1.46. The van der Waals surface area contributed by atoms with Crippen LogP contribution in [0, 0.1) is 0 Å². The number of carbonyl (C=O) groups excluding carboxylic acids is 1. The second-order valence-corrected chi connectivity index (χ2v) is 5.55. The molecule has 2 aromatic rings. The molecule has 0 saturated heterocycles. The van der Waals surface area contributed by atoms with E-state index in [-0.39, 0.29) is 4.90 Å². The number of hydrogen-bond acceptors (Lipinski definition) is 3. The number of hydrazine groups is 1. The monoisotopic (exact) mass is 291 g/mol. The second kappa shape index (κ2) is 6.18. The number of nitrogens with one attached hydrogen (secondary N) is 3. The van der Waals surface area contributed by atoms with Gasteiger partial charge in [0, 0.05) is 5.69 Å². The molecule has 2 rings (SSSR count). The summed E-state index contributed by atoms with van der Waals surface area (Å²) in [5.74, 6) is 0. The minimum atomic E-state index is -3.77. The van der Waals surface area contributed by atoms with Gasteiger partial charge in [0.15, 0.2) is 0 Å². The van der Waals surface area contributed by atoms with Gasteiger partial charge in [-0.15, -0.1) is 4.83 Å². The maximum atomic E-state index is 11.8. The first kappa shape index (κ1) is 14.0. The summed E-state index contributed by atoms with van der Waals surface area (Å²) in [7, 11) is -3.77. The third-order valence-corrected chi connectivity index (χ3v) is 3.65. The van der Waals surface area contributed by atoms with Crippen LogP contribution >= 0.6 is 0 Å². The van der Waals surface area contributed by atoms with Crippen molar-refractivity contribution in [3.63, 3.8) is 0 Å². The van der Waals surface area contributed by atoms with Crippen molar-refractivity contribution in [2.24, 2.45) is 0 Å². The van der Waals surface area contributed by atoms with Crippen LogP contribution in [-0.2, 0) is 10.0 Å². The van der Waals surface area contributed by atoms with Crippen molar-refractivity contribution in [3.05, 3.63) is 60.7 Å². The number of sulfonamides is 1. The molecule has 0 aliphatic heterocycles. The molecule has 20 heavy (non-hydrogen) atoms. The molecule has 0 heterocycles. The summed E-state index contributed by atoms with van der Waals surface area (Å²) in [6.45, 7) is 0. The van der Waals surface area contributed by atoms with Gasteiger partial charge in [-0.25, -0.2) is 13.2 Å². The Morgan fingerprint density at radius 2 is 1.40 bits per heavy atom. The SMILES string of the molecule is O=C(NNS(=O)(=O)c1ccccc1)Nc1ccccc1. The predicted octanol–water partition coefficient (Wildman–Crippen LogP) is 1.70. The van der Waals surface area contributed by atoms with Gasteiger partial charge in [0.05, 0.1) is 4.90 Å². The van der Waals surface area contributed by atoms with Crippen LogP contribution in [-0.4, -0.2) is 14.4 Å². The van der Waals surface area contributed by atoms with E-state index in [0.717, 1.165) is 0 Å². The lowest BCUT2D eigenvalue weighted by Gasteiger charge is -2.09. The molecule has 0 aliphatic carbocycles. The average Bonchev–Trinajstić information content (AvgIpc) is 2.47. The predicted molar refractivity (Wildman–Crippen MR) is 75.4 cm³/mol. The molecule has 0 aromatic heterocycles. The lowest BCUT2D eigenvalue weighted by molar-refractivity contribution is 0.250. The fourth-order valence-corrected chi connectivity index (χ4v) is 2.32. The number of amides is 2. The van der Waals surface area contributed by atoms with E-state index >= 15 is 0 Å². The molecule has 0 fully saturated rings. The van der Waals surface area contributed by atoms with E-state index < -0.39 is 16.1 Å². The molecule has 104 valence electrons. The molecule has 0 radical (unpaired) electrons. The Bertz CT molecular complexity index is 673. The molecule has 0 spiro atoms. The summed E-state index contributed by atoms with van der Waals surface area (Å²) < 4.78 is 23.7. The van der Waals surface area contributed by atoms with E-state index in [0.29, 0.717) is 5.69 Å². The van der Waals surface area contributed by atoms with E-state index in [4.69, 9.17) is 0 Å². The highest BCUT2D eigenvalue weighted by Gasteiger charge is 2.14. The Kier molecular flexibility index (Phi) is 4.34. The minimum Gasteiger partial charge on any atom is -0.307 e. The first-order valence-corrected chi connectivity index (χ1v) is 7.25. The minimum absolute atomic E-state index is 0.0695. The zero-order valence-electron chi connectivity index (χ0n) is 10.4. The Labute approximate surface area is 116 Å².